The van der Waals surface area contributed by atoms with Gasteiger partial charge in [0.05, 0.1) is 12.1 Å². The van der Waals surface area contributed by atoms with Crippen LogP contribution in [0.2, 0.25) is 0 Å². The van der Waals surface area contributed by atoms with Crippen LogP contribution >= 0.6 is 0 Å². The van der Waals surface area contributed by atoms with Gasteiger partial charge >= 0.3 is 0 Å². The zero-order valence-electron chi connectivity index (χ0n) is 11.3. The summed E-state index contributed by atoms with van der Waals surface area (Å²) in [4.78, 5) is 20.4. The van der Waals surface area contributed by atoms with E-state index in [4.69, 9.17) is 0 Å². The topological polar surface area (TPSA) is 85.6 Å². The molecule has 7 heteroatoms. The molecule has 0 radical (unpaired) electrons. The molecule has 7 nitrogen and oxygen atoms in total. The summed E-state index contributed by atoms with van der Waals surface area (Å²) in [6.45, 7) is 3.35. The minimum atomic E-state index is -0.221. The molecule has 3 rings (SSSR count). The zero-order chi connectivity index (χ0) is 13.9. The Morgan fingerprint density at radius 1 is 1.45 bits per heavy atom. The van der Waals surface area contributed by atoms with Crippen molar-refractivity contribution in [3.63, 3.8) is 0 Å². The summed E-state index contributed by atoms with van der Waals surface area (Å²) < 4.78 is 1.98. The second-order valence-electron chi connectivity index (χ2n) is 4.71. The lowest BCUT2D eigenvalue weighted by Crippen LogP contribution is -2.33. The number of fused-ring (bicyclic) bond motifs is 1. The molecule has 0 aliphatic carbocycles. The van der Waals surface area contributed by atoms with Crippen molar-refractivity contribution in [1.82, 2.24) is 30.0 Å². The molecule has 0 bridgehead atoms. The van der Waals surface area contributed by atoms with Gasteiger partial charge in [0, 0.05) is 25.5 Å². The Hall–Kier alpha value is -2.31. The smallest absolute Gasteiger partial charge is 0.230 e. The number of aromatic nitrogens is 5. The Balaban J connectivity index is 1.97. The van der Waals surface area contributed by atoms with Gasteiger partial charge in [0.2, 0.25) is 5.91 Å². The summed E-state index contributed by atoms with van der Waals surface area (Å²) >= 11 is 0. The van der Waals surface area contributed by atoms with Crippen molar-refractivity contribution >= 4 is 5.91 Å². The van der Waals surface area contributed by atoms with Crippen LogP contribution in [0.4, 0.5) is 0 Å². The fraction of sp³-hybridized carbons (Fsp3) is 0.462. The van der Waals surface area contributed by atoms with Crippen molar-refractivity contribution in [2.24, 2.45) is 0 Å². The molecule has 2 aromatic heterocycles. The minimum absolute atomic E-state index is 0.0199. The van der Waals surface area contributed by atoms with Crippen LogP contribution in [0, 0.1) is 0 Å². The molecule has 0 fully saturated rings. The molecule has 1 N–H and O–H groups in total. The van der Waals surface area contributed by atoms with E-state index in [1.807, 2.05) is 11.5 Å². The van der Waals surface area contributed by atoms with Crippen LogP contribution in [-0.4, -0.2) is 37.2 Å². The average Bonchev–Trinajstić information content (AvgIpc) is 2.92. The summed E-state index contributed by atoms with van der Waals surface area (Å²) in [6.07, 6.45) is 6.65. The van der Waals surface area contributed by atoms with E-state index >= 15 is 0 Å². The first-order valence-corrected chi connectivity index (χ1v) is 6.78. The third-order valence-corrected chi connectivity index (χ3v) is 3.43. The maximum absolute atomic E-state index is 12.1. The maximum atomic E-state index is 12.1. The molecule has 1 unspecified atom stereocenters. The summed E-state index contributed by atoms with van der Waals surface area (Å²) in [6, 6.07) is 0. The summed E-state index contributed by atoms with van der Waals surface area (Å²) in [5.41, 5.74) is 0.683. The van der Waals surface area contributed by atoms with Gasteiger partial charge in [-0.05, 0) is 19.8 Å². The van der Waals surface area contributed by atoms with E-state index in [0.29, 0.717) is 18.1 Å². The molecule has 1 atom stereocenters. The van der Waals surface area contributed by atoms with Crippen LogP contribution in [0.15, 0.2) is 18.6 Å². The number of rotatable bonds is 3. The van der Waals surface area contributed by atoms with E-state index in [0.717, 1.165) is 25.2 Å². The molecule has 0 saturated heterocycles. The summed E-state index contributed by atoms with van der Waals surface area (Å²) in [5, 5.41) is 11.3. The molecule has 0 saturated carbocycles. The highest BCUT2D eigenvalue weighted by molar-refractivity contribution is 5.83. The lowest BCUT2D eigenvalue weighted by Gasteiger charge is -2.22. The van der Waals surface area contributed by atoms with E-state index in [1.165, 1.54) is 0 Å². The highest BCUT2D eigenvalue weighted by Crippen LogP contribution is 2.29. The molecule has 0 spiro atoms. The van der Waals surface area contributed by atoms with Crippen molar-refractivity contribution in [2.45, 2.75) is 32.2 Å². The van der Waals surface area contributed by atoms with Crippen LogP contribution in [0.3, 0.4) is 0 Å². The molecular weight excluding hydrogens is 256 g/mol. The highest BCUT2D eigenvalue weighted by Gasteiger charge is 2.30. The van der Waals surface area contributed by atoms with Gasteiger partial charge in [0.15, 0.2) is 5.82 Å². The summed E-state index contributed by atoms with van der Waals surface area (Å²) in [5.74, 6) is 1.21. The third-order valence-electron chi connectivity index (χ3n) is 3.43. The molecule has 20 heavy (non-hydrogen) atoms. The van der Waals surface area contributed by atoms with E-state index in [-0.39, 0.29) is 11.8 Å². The number of likely N-dealkylation sites (N-methyl/N-ethyl adjacent to an activating group) is 1. The van der Waals surface area contributed by atoms with Crippen LogP contribution < -0.4 is 5.32 Å². The molecular formula is C13H16N6O. The van der Waals surface area contributed by atoms with E-state index in [2.05, 4.69) is 25.5 Å². The minimum Gasteiger partial charge on any atom is -0.356 e. The molecule has 104 valence electrons. The normalized spacial score (nSPS) is 17.6. The van der Waals surface area contributed by atoms with Crippen molar-refractivity contribution in [2.75, 3.05) is 6.54 Å². The fourth-order valence-electron chi connectivity index (χ4n) is 2.53. The second kappa shape index (κ2) is 5.36. The molecule has 1 amide bonds. The molecule has 3 heterocycles. The second-order valence-corrected chi connectivity index (χ2v) is 4.71. The van der Waals surface area contributed by atoms with Gasteiger partial charge in [0.1, 0.15) is 11.5 Å². The van der Waals surface area contributed by atoms with Gasteiger partial charge < -0.3 is 9.88 Å². The van der Waals surface area contributed by atoms with Gasteiger partial charge in [-0.1, -0.05) is 0 Å². The summed E-state index contributed by atoms with van der Waals surface area (Å²) in [7, 11) is 0. The fourth-order valence-corrected chi connectivity index (χ4v) is 2.53. The van der Waals surface area contributed by atoms with Gasteiger partial charge in [-0.3, -0.25) is 9.78 Å². The Morgan fingerprint density at radius 3 is 3.10 bits per heavy atom. The third kappa shape index (κ3) is 2.15. The van der Waals surface area contributed by atoms with Crippen molar-refractivity contribution in [3.8, 4) is 11.5 Å². The highest BCUT2D eigenvalue weighted by atomic mass is 16.1. The van der Waals surface area contributed by atoms with Gasteiger partial charge in [-0.15, -0.1) is 10.2 Å². The quantitative estimate of drug-likeness (QED) is 0.891. The standard InChI is InChI=1S/C13H16N6O/c1-2-15-13(20)9-4-3-7-19-11(9)17-18-12(19)10-8-14-5-6-16-10/h5-6,8-9H,2-4,7H2,1H3,(H,15,20). The number of carbonyl (C=O) groups excluding carboxylic acids is 1. The first-order chi connectivity index (χ1) is 9.81. The van der Waals surface area contributed by atoms with E-state index in [1.54, 1.807) is 18.6 Å². The molecule has 0 aromatic carbocycles. The predicted octanol–water partition coefficient (Wildman–Crippen LogP) is 0.749. The van der Waals surface area contributed by atoms with E-state index < -0.39 is 0 Å². The van der Waals surface area contributed by atoms with Crippen LogP contribution in [0.5, 0.6) is 0 Å². The largest absolute Gasteiger partial charge is 0.356 e. The number of amides is 1. The number of hydrogen-bond acceptors (Lipinski definition) is 5. The zero-order valence-corrected chi connectivity index (χ0v) is 11.3. The monoisotopic (exact) mass is 272 g/mol. The average molecular weight is 272 g/mol. The van der Waals surface area contributed by atoms with Gasteiger partial charge in [-0.2, -0.15) is 0 Å². The SMILES string of the molecule is CCNC(=O)C1CCCn2c(-c3cnccn3)nnc21. The number of hydrogen-bond donors (Lipinski definition) is 1. The van der Waals surface area contributed by atoms with Gasteiger partial charge in [0.25, 0.3) is 0 Å². The van der Waals surface area contributed by atoms with Crippen LogP contribution in [-0.2, 0) is 11.3 Å². The Labute approximate surface area is 116 Å². The number of nitrogens with one attached hydrogen (secondary N) is 1. The molecule has 1 aliphatic heterocycles. The molecule has 1 aliphatic rings. The number of carbonyl (C=O) groups is 1. The number of nitrogens with zero attached hydrogens (tertiary/aromatic N) is 5. The van der Waals surface area contributed by atoms with Crippen molar-refractivity contribution in [1.29, 1.82) is 0 Å². The van der Waals surface area contributed by atoms with Gasteiger partial charge in [-0.25, -0.2) is 4.98 Å². The van der Waals surface area contributed by atoms with Crippen molar-refractivity contribution < 1.29 is 4.79 Å². The predicted molar refractivity (Wildman–Crippen MR) is 71.7 cm³/mol. The lowest BCUT2D eigenvalue weighted by atomic mass is 9.98. The van der Waals surface area contributed by atoms with Crippen LogP contribution in [0.1, 0.15) is 31.5 Å². The molecule has 2 aromatic rings. The van der Waals surface area contributed by atoms with E-state index in [9.17, 15) is 4.79 Å². The first kappa shape index (κ1) is 12.7. The lowest BCUT2D eigenvalue weighted by molar-refractivity contribution is -0.123. The Bertz CT molecular complexity index is 609. The Kier molecular flexibility index (Phi) is 3.41. The maximum Gasteiger partial charge on any atom is 0.230 e. The van der Waals surface area contributed by atoms with Crippen molar-refractivity contribution in [3.05, 3.63) is 24.4 Å². The van der Waals surface area contributed by atoms with Crippen LogP contribution in [0.25, 0.3) is 11.5 Å². The first-order valence-electron chi connectivity index (χ1n) is 6.78. The Morgan fingerprint density at radius 2 is 2.35 bits per heavy atom.